The molecule has 1 aromatic carbocycles. The van der Waals surface area contributed by atoms with E-state index in [0.29, 0.717) is 63.6 Å². The summed E-state index contributed by atoms with van der Waals surface area (Å²) in [7, 11) is 0. The summed E-state index contributed by atoms with van der Waals surface area (Å²) in [5.41, 5.74) is 0. The molecule has 0 saturated carbocycles. The van der Waals surface area contributed by atoms with Crippen LogP contribution in [0.2, 0.25) is 0 Å². The van der Waals surface area contributed by atoms with Crippen molar-refractivity contribution in [3.05, 3.63) is 46.7 Å². The number of rotatable bonds is 3. The number of nitrogens with zero attached hydrogens (tertiary/aromatic N) is 3. The van der Waals surface area contributed by atoms with E-state index in [1.807, 2.05) is 45.5 Å². The van der Waals surface area contributed by atoms with Crippen LogP contribution < -0.4 is 9.47 Å². The number of amides is 3. The second-order valence-electron chi connectivity index (χ2n) is 8.56. The van der Waals surface area contributed by atoms with E-state index in [9.17, 15) is 14.4 Å². The maximum atomic E-state index is 13.1. The molecule has 3 aliphatic rings. The molecule has 1 unspecified atom stereocenters. The average molecular weight is 470 g/mol. The van der Waals surface area contributed by atoms with Gasteiger partial charge < -0.3 is 24.2 Å². The number of para-hydroxylation sites is 2. The number of hydrogen-bond donors (Lipinski definition) is 0. The molecule has 0 radical (unpaired) electrons. The van der Waals surface area contributed by atoms with Gasteiger partial charge in [0.1, 0.15) is 6.61 Å². The molecule has 0 N–H and O–H groups in total. The lowest BCUT2D eigenvalue weighted by Gasteiger charge is -2.39. The van der Waals surface area contributed by atoms with E-state index in [0.717, 1.165) is 4.88 Å². The summed E-state index contributed by atoms with van der Waals surface area (Å²) in [6.45, 7) is 3.41. The second-order valence-corrected chi connectivity index (χ2v) is 9.51. The normalized spacial score (nSPS) is 21.1. The van der Waals surface area contributed by atoms with Crippen molar-refractivity contribution in [1.82, 2.24) is 14.7 Å². The molecule has 1 aromatic heterocycles. The monoisotopic (exact) mass is 469 g/mol. The highest BCUT2D eigenvalue weighted by atomic mass is 32.1. The number of thiophene rings is 1. The largest absolute Gasteiger partial charge is 0.485 e. The molecule has 1 atom stereocenters. The van der Waals surface area contributed by atoms with Crippen LogP contribution in [0.4, 0.5) is 0 Å². The predicted molar refractivity (Wildman–Crippen MR) is 122 cm³/mol. The third-order valence-electron chi connectivity index (χ3n) is 6.55. The van der Waals surface area contributed by atoms with Gasteiger partial charge in [-0.05, 0) is 36.4 Å². The number of hydrogen-bond acceptors (Lipinski definition) is 6. The van der Waals surface area contributed by atoms with E-state index in [2.05, 4.69) is 0 Å². The van der Waals surface area contributed by atoms with Gasteiger partial charge in [0, 0.05) is 45.2 Å². The van der Waals surface area contributed by atoms with Gasteiger partial charge in [0.05, 0.1) is 4.88 Å². The van der Waals surface area contributed by atoms with Gasteiger partial charge in [0.2, 0.25) is 12.0 Å². The minimum atomic E-state index is -0.660. The molecule has 3 aliphatic heterocycles. The number of carbonyl (C=O) groups is 3. The number of benzene rings is 1. The van der Waals surface area contributed by atoms with E-state index in [1.54, 1.807) is 11.0 Å². The van der Waals surface area contributed by atoms with Crippen molar-refractivity contribution in [2.45, 2.75) is 18.9 Å². The van der Waals surface area contributed by atoms with Gasteiger partial charge in [-0.15, -0.1) is 11.3 Å². The van der Waals surface area contributed by atoms with Gasteiger partial charge in [-0.25, -0.2) is 0 Å². The molecule has 9 heteroatoms. The summed E-state index contributed by atoms with van der Waals surface area (Å²) < 4.78 is 11.5. The summed E-state index contributed by atoms with van der Waals surface area (Å²) >= 11 is 1.45. The zero-order valence-electron chi connectivity index (χ0n) is 18.4. The van der Waals surface area contributed by atoms with Gasteiger partial charge >= 0.3 is 0 Å². The molecular weight excluding hydrogens is 442 g/mol. The first kappa shape index (κ1) is 21.8. The molecule has 0 bridgehead atoms. The van der Waals surface area contributed by atoms with E-state index in [1.165, 1.54) is 11.3 Å². The minimum absolute atomic E-state index is 0.0551. The number of ether oxygens (including phenoxy) is 2. The third kappa shape index (κ3) is 4.55. The summed E-state index contributed by atoms with van der Waals surface area (Å²) in [6.07, 6.45) is 0.705. The van der Waals surface area contributed by atoms with E-state index >= 15 is 0 Å². The van der Waals surface area contributed by atoms with E-state index < -0.39 is 6.10 Å². The molecule has 0 aliphatic carbocycles. The lowest BCUT2D eigenvalue weighted by atomic mass is 9.94. The lowest BCUT2D eigenvalue weighted by Crippen LogP contribution is -2.56. The molecule has 174 valence electrons. The molecular formula is C24H27N3O5S. The molecule has 4 heterocycles. The highest BCUT2D eigenvalue weighted by Gasteiger charge is 2.36. The first-order valence-electron chi connectivity index (χ1n) is 11.4. The Morgan fingerprint density at radius 3 is 2.12 bits per heavy atom. The van der Waals surface area contributed by atoms with Crippen LogP contribution >= 0.6 is 11.3 Å². The average Bonchev–Trinajstić information content (AvgIpc) is 3.42. The Kier molecular flexibility index (Phi) is 6.22. The van der Waals surface area contributed by atoms with Gasteiger partial charge in [-0.1, -0.05) is 18.2 Å². The minimum Gasteiger partial charge on any atom is -0.485 e. The van der Waals surface area contributed by atoms with Gasteiger partial charge in [0.15, 0.2) is 11.5 Å². The van der Waals surface area contributed by atoms with Gasteiger partial charge in [0.25, 0.3) is 11.8 Å². The maximum Gasteiger partial charge on any atom is 0.267 e. The number of fused-ring (bicyclic) bond motifs is 1. The maximum absolute atomic E-state index is 13.1. The standard InChI is InChI=1S/C24H27N3O5S/c28-22(17-7-9-25(10-8-17)24(30)21-6-3-15-33-21)26-11-13-27(14-12-26)23(29)20-16-31-18-4-1-2-5-19(18)32-20/h1-6,15,17,20H,7-14,16H2. The number of piperidine rings is 1. The fourth-order valence-corrected chi connectivity index (χ4v) is 5.33. The van der Waals surface area contributed by atoms with Crippen LogP contribution in [-0.2, 0) is 9.59 Å². The Hall–Kier alpha value is -3.07. The molecule has 0 spiro atoms. The van der Waals surface area contributed by atoms with Crippen molar-refractivity contribution < 1.29 is 23.9 Å². The molecule has 2 aromatic rings. The summed E-state index contributed by atoms with van der Waals surface area (Å²) in [5, 5.41) is 1.90. The predicted octanol–water partition coefficient (Wildman–Crippen LogP) is 2.11. The Morgan fingerprint density at radius 2 is 1.45 bits per heavy atom. The Labute approximate surface area is 196 Å². The Bertz CT molecular complexity index is 1010. The number of likely N-dealkylation sites (tertiary alicyclic amines) is 1. The zero-order chi connectivity index (χ0) is 22.8. The molecule has 33 heavy (non-hydrogen) atoms. The fourth-order valence-electron chi connectivity index (χ4n) is 4.64. The highest BCUT2D eigenvalue weighted by Crippen LogP contribution is 2.31. The van der Waals surface area contributed by atoms with Crippen LogP contribution in [0.25, 0.3) is 0 Å². The van der Waals surface area contributed by atoms with Gasteiger partial charge in [-0.3, -0.25) is 14.4 Å². The summed E-state index contributed by atoms with van der Waals surface area (Å²) in [6, 6.07) is 11.1. The van der Waals surface area contributed by atoms with Gasteiger partial charge in [-0.2, -0.15) is 0 Å². The quantitative estimate of drug-likeness (QED) is 0.688. The molecule has 5 rings (SSSR count). The van der Waals surface area contributed by atoms with Crippen molar-refractivity contribution in [1.29, 1.82) is 0 Å². The first-order valence-corrected chi connectivity index (χ1v) is 12.3. The fraction of sp³-hybridized carbons (Fsp3) is 0.458. The lowest BCUT2D eigenvalue weighted by molar-refractivity contribution is -0.148. The molecule has 3 amide bonds. The molecule has 2 saturated heterocycles. The third-order valence-corrected chi connectivity index (χ3v) is 7.41. The smallest absolute Gasteiger partial charge is 0.267 e. The highest BCUT2D eigenvalue weighted by molar-refractivity contribution is 7.12. The zero-order valence-corrected chi connectivity index (χ0v) is 19.2. The number of carbonyl (C=O) groups excluding carboxylic acids is 3. The first-order chi connectivity index (χ1) is 16.1. The van der Waals surface area contributed by atoms with Crippen LogP contribution in [-0.4, -0.2) is 84.4 Å². The van der Waals surface area contributed by atoms with Crippen LogP contribution in [0.5, 0.6) is 11.5 Å². The Balaban J connectivity index is 1.09. The van der Waals surface area contributed by atoms with Crippen molar-refractivity contribution >= 4 is 29.1 Å². The van der Waals surface area contributed by atoms with Crippen LogP contribution in [0.1, 0.15) is 22.5 Å². The number of piperazine rings is 1. The second kappa shape index (κ2) is 9.43. The summed E-state index contributed by atoms with van der Waals surface area (Å²) in [5.74, 6) is 1.26. The SMILES string of the molecule is O=C(c1cccs1)N1CCC(C(=O)N2CCN(C(=O)C3COc4ccccc4O3)CC2)CC1. The van der Waals surface area contributed by atoms with Crippen LogP contribution in [0.15, 0.2) is 41.8 Å². The van der Waals surface area contributed by atoms with E-state index in [-0.39, 0.29) is 30.2 Å². The molecule has 2 fully saturated rings. The van der Waals surface area contributed by atoms with E-state index in [4.69, 9.17) is 9.47 Å². The summed E-state index contributed by atoms with van der Waals surface area (Å²) in [4.78, 5) is 44.7. The van der Waals surface area contributed by atoms with Crippen molar-refractivity contribution in [2.75, 3.05) is 45.9 Å². The van der Waals surface area contributed by atoms with Crippen molar-refractivity contribution in [3.63, 3.8) is 0 Å². The van der Waals surface area contributed by atoms with Crippen molar-refractivity contribution in [2.24, 2.45) is 5.92 Å². The van der Waals surface area contributed by atoms with Crippen molar-refractivity contribution in [3.8, 4) is 11.5 Å². The Morgan fingerprint density at radius 1 is 0.788 bits per heavy atom. The van der Waals surface area contributed by atoms with Crippen LogP contribution in [0, 0.1) is 5.92 Å². The van der Waals surface area contributed by atoms with Crippen LogP contribution in [0.3, 0.4) is 0 Å². The topological polar surface area (TPSA) is 79.4 Å². The molecule has 8 nitrogen and oxygen atoms in total.